The highest BCUT2D eigenvalue weighted by molar-refractivity contribution is 8.00. The summed E-state index contributed by atoms with van der Waals surface area (Å²) < 4.78 is 80.9. The van der Waals surface area contributed by atoms with Crippen LogP contribution >= 0.6 is 11.8 Å². The lowest BCUT2D eigenvalue weighted by Gasteiger charge is -2.52. The number of alkyl halides is 6. The van der Waals surface area contributed by atoms with Crippen LogP contribution in [0.25, 0.3) is 0 Å². The third kappa shape index (κ3) is 6.47. The van der Waals surface area contributed by atoms with Gasteiger partial charge in [-0.3, -0.25) is 0 Å². The number of piperidine rings is 2. The van der Waals surface area contributed by atoms with Gasteiger partial charge in [-0.15, -0.1) is 11.8 Å². The van der Waals surface area contributed by atoms with Gasteiger partial charge >= 0.3 is 12.4 Å². The molecule has 1 spiro atoms. The number of hydrogen-bond acceptors (Lipinski definition) is 7. The molecule has 1 aromatic heterocycles. The molecule has 2 saturated heterocycles. The highest BCUT2D eigenvalue weighted by Crippen LogP contribution is 2.55. The molecule has 3 fully saturated rings. The number of hydrogen-bond donors (Lipinski definition) is 2. The van der Waals surface area contributed by atoms with Crippen LogP contribution < -0.4 is 10.2 Å². The summed E-state index contributed by atoms with van der Waals surface area (Å²) >= 11 is 1.86. The zero-order chi connectivity index (χ0) is 30.5. The number of halogens is 6. The SMILES string of the molecule is Cc1cc(SC2CC3(CCN(C(C)C)CC3)C2)ccc1Nc1ncc(C(F)(F)F)c(N2CCC(O)(C(F)(F)F)CC2)n1. The van der Waals surface area contributed by atoms with E-state index in [9.17, 15) is 31.4 Å². The van der Waals surface area contributed by atoms with E-state index in [0.717, 1.165) is 28.4 Å². The minimum Gasteiger partial charge on any atom is -0.380 e. The Morgan fingerprint density at radius 3 is 2.19 bits per heavy atom. The zero-order valence-corrected chi connectivity index (χ0v) is 24.8. The molecule has 0 atom stereocenters. The van der Waals surface area contributed by atoms with E-state index in [1.165, 1.54) is 25.7 Å². The molecule has 13 heteroatoms. The minimum absolute atomic E-state index is 0.0909. The Morgan fingerprint density at radius 2 is 1.64 bits per heavy atom. The maximum absolute atomic E-state index is 13.8. The molecule has 42 heavy (non-hydrogen) atoms. The van der Waals surface area contributed by atoms with Gasteiger partial charge in [0.05, 0.1) is 0 Å². The molecule has 0 amide bonds. The summed E-state index contributed by atoms with van der Waals surface area (Å²) in [7, 11) is 0. The van der Waals surface area contributed by atoms with Crippen molar-refractivity contribution in [1.82, 2.24) is 14.9 Å². The van der Waals surface area contributed by atoms with Gasteiger partial charge in [-0.1, -0.05) is 0 Å². The van der Waals surface area contributed by atoms with E-state index >= 15 is 0 Å². The van der Waals surface area contributed by atoms with Crippen LogP contribution in [0.3, 0.4) is 0 Å². The number of rotatable bonds is 6. The fourth-order valence-electron chi connectivity index (χ4n) is 6.32. The molecular weight excluding hydrogens is 580 g/mol. The lowest BCUT2D eigenvalue weighted by Crippen LogP contribution is -2.53. The average Bonchev–Trinajstić information content (AvgIpc) is 2.89. The van der Waals surface area contributed by atoms with Crippen LogP contribution in [0.1, 0.15) is 63.5 Å². The highest BCUT2D eigenvalue weighted by Gasteiger charge is 2.55. The fraction of sp³-hybridized carbons (Fsp3) is 0.655. The van der Waals surface area contributed by atoms with Gasteiger partial charge in [-0.05, 0) is 88.7 Å². The van der Waals surface area contributed by atoms with Crippen LogP contribution in [-0.4, -0.2) is 69.2 Å². The third-order valence-electron chi connectivity index (χ3n) is 9.15. The summed E-state index contributed by atoms with van der Waals surface area (Å²) in [6, 6.07) is 6.44. The van der Waals surface area contributed by atoms with E-state index in [-0.39, 0.29) is 5.95 Å². The predicted octanol–water partition coefficient (Wildman–Crippen LogP) is 7.19. The maximum Gasteiger partial charge on any atom is 0.421 e. The fourth-order valence-corrected chi connectivity index (χ4v) is 7.97. The molecule has 6 nitrogen and oxygen atoms in total. The summed E-state index contributed by atoms with van der Waals surface area (Å²) in [5.74, 6) is -0.598. The van der Waals surface area contributed by atoms with Crippen LogP contribution in [0.5, 0.6) is 0 Å². The number of anilines is 3. The van der Waals surface area contributed by atoms with E-state index in [1.54, 1.807) is 0 Å². The van der Waals surface area contributed by atoms with Crippen molar-refractivity contribution in [2.45, 2.75) is 93.4 Å². The lowest BCUT2D eigenvalue weighted by atomic mass is 9.63. The van der Waals surface area contributed by atoms with Crippen LogP contribution in [0.15, 0.2) is 29.3 Å². The van der Waals surface area contributed by atoms with Crippen molar-refractivity contribution in [3.8, 4) is 0 Å². The van der Waals surface area contributed by atoms with E-state index in [1.807, 2.05) is 36.9 Å². The standard InChI is InChI=1S/C29H37F6N5OS/c1-18(2)39-10-6-26(7-11-39)15-21(16-26)42-20-4-5-23(19(3)14-20)37-25-36-17-22(28(30,31)32)24(38-25)40-12-8-27(41,9-13-40)29(33,34)35/h4-5,14,17-18,21,41H,6-13,15-16H2,1-3H3,(H,36,37,38). The summed E-state index contributed by atoms with van der Waals surface area (Å²) in [4.78, 5) is 12.7. The monoisotopic (exact) mass is 617 g/mol. The number of nitrogens with zero attached hydrogens (tertiary/aromatic N) is 4. The van der Waals surface area contributed by atoms with Crippen molar-refractivity contribution in [3.05, 3.63) is 35.5 Å². The number of benzene rings is 1. The Morgan fingerprint density at radius 1 is 1.00 bits per heavy atom. The first-order valence-corrected chi connectivity index (χ1v) is 15.2. The molecule has 2 N–H and O–H groups in total. The Kier molecular flexibility index (Phi) is 8.43. The van der Waals surface area contributed by atoms with Gasteiger partial charge in [0.2, 0.25) is 5.95 Å². The number of nitrogens with one attached hydrogen (secondary N) is 1. The Balaban J connectivity index is 1.24. The first kappa shape index (κ1) is 31.2. The number of aromatic nitrogens is 2. The second-order valence-electron chi connectivity index (χ2n) is 12.3. The molecule has 1 saturated carbocycles. The number of likely N-dealkylation sites (tertiary alicyclic amines) is 1. The molecular formula is C29H37F6N5OS. The molecule has 3 aliphatic rings. The van der Waals surface area contributed by atoms with Gasteiger partial charge in [0.15, 0.2) is 5.60 Å². The Hall–Kier alpha value is -2.25. The van der Waals surface area contributed by atoms with Gasteiger partial charge in [-0.25, -0.2) is 4.98 Å². The zero-order valence-electron chi connectivity index (χ0n) is 23.9. The summed E-state index contributed by atoms with van der Waals surface area (Å²) in [6.45, 7) is 7.85. The maximum atomic E-state index is 13.8. The second kappa shape index (κ2) is 11.4. The minimum atomic E-state index is -4.86. The average molecular weight is 618 g/mol. The van der Waals surface area contributed by atoms with Crippen molar-refractivity contribution in [3.63, 3.8) is 0 Å². The number of aryl methyl sites for hydroxylation is 1. The van der Waals surface area contributed by atoms with Crippen LogP contribution in [0.4, 0.5) is 43.8 Å². The van der Waals surface area contributed by atoms with Crippen molar-refractivity contribution in [1.29, 1.82) is 0 Å². The molecule has 0 radical (unpaired) electrons. The molecule has 5 rings (SSSR count). The first-order valence-electron chi connectivity index (χ1n) is 14.3. The van der Waals surface area contributed by atoms with Gasteiger partial charge < -0.3 is 20.2 Å². The summed E-state index contributed by atoms with van der Waals surface area (Å²) in [5, 5.41) is 13.5. The quantitative estimate of drug-likeness (QED) is 0.333. The Bertz CT molecular complexity index is 1260. The van der Waals surface area contributed by atoms with Crippen LogP contribution in [0.2, 0.25) is 0 Å². The number of aliphatic hydroxyl groups is 1. The van der Waals surface area contributed by atoms with E-state index < -0.39 is 55.3 Å². The van der Waals surface area contributed by atoms with Crippen molar-refractivity contribution >= 4 is 29.2 Å². The smallest absolute Gasteiger partial charge is 0.380 e. The van der Waals surface area contributed by atoms with Crippen molar-refractivity contribution in [2.24, 2.45) is 5.41 Å². The molecule has 2 aliphatic heterocycles. The first-order chi connectivity index (χ1) is 19.6. The predicted molar refractivity (Wildman–Crippen MR) is 151 cm³/mol. The van der Waals surface area contributed by atoms with E-state index in [0.29, 0.717) is 28.6 Å². The lowest BCUT2D eigenvalue weighted by molar-refractivity contribution is -0.266. The van der Waals surface area contributed by atoms with Gasteiger partial charge in [0.25, 0.3) is 0 Å². The van der Waals surface area contributed by atoms with Crippen molar-refractivity contribution < 1.29 is 31.4 Å². The highest BCUT2D eigenvalue weighted by atomic mass is 32.2. The molecule has 1 aliphatic carbocycles. The van der Waals surface area contributed by atoms with Crippen LogP contribution in [-0.2, 0) is 6.18 Å². The Labute approximate surface area is 246 Å². The van der Waals surface area contributed by atoms with Crippen molar-refractivity contribution in [2.75, 3.05) is 36.4 Å². The third-order valence-corrected chi connectivity index (χ3v) is 10.3. The molecule has 0 unspecified atom stereocenters. The molecule has 2 aromatic rings. The summed E-state index contributed by atoms with van der Waals surface area (Å²) in [5.41, 5.74) is -2.10. The normalized spacial score (nSPS) is 21.5. The second-order valence-corrected chi connectivity index (χ2v) is 13.7. The van der Waals surface area contributed by atoms with E-state index in [4.69, 9.17) is 0 Å². The van der Waals surface area contributed by atoms with Gasteiger partial charge in [-0.2, -0.15) is 31.3 Å². The molecule has 232 valence electrons. The van der Waals surface area contributed by atoms with E-state index in [2.05, 4.69) is 34.0 Å². The summed E-state index contributed by atoms with van der Waals surface area (Å²) in [6.07, 6.45) is -5.60. The topological polar surface area (TPSA) is 64.5 Å². The largest absolute Gasteiger partial charge is 0.421 e. The molecule has 3 heterocycles. The molecule has 1 aromatic carbocycles. The van der Waals surface area contributed by atoms with Gasteiger partial charge in [0, 0.05) is 54.0 Å². The number of thioether (sulfide) groups is 1. The van der Waals surface area contributed by atoms with Crippen LogP contribution in [0, 0.1) is 12.3 Å². The molecule has 0 bridgehead atoms. The van der Waals surface area contributed by atoms with Gasteiger partial charge in [0.1, 0.15) is 11.4 Å².